The third kappa shape index (κ3) is 5.37. The van der Waals surface area contributed by atoms with Gasteiger partial charge in [-0.1, -0.05) is 45.9 Å². The van der Waals surface area contributed by atoms with Crippen molar-refractivity contribution in [1.82, 2.24) is 15.3 Å². The molecule has 0 saturated heterocycles. The van der Waals surface area contributed by atoms with Crippen LogP contribution in [0.1, 0.15) is 46.2 Å². The molecule has 0 saturated carbocycles. The summed E-state index contributed by atoms with van der Waals surface area (Å²) in [6.45, 7) is 9.52. The zero-order valence-corrected chi connectivity index (χ0v) is 13.1. The molecule has 19 heavy (non-hydrogen) atoms. The van der Waals surface area contributed by atoms with E-state index in [1.807, 2.05) is 0 Å². The Balaban J connectivity index is 2.77. The van der Waals surface area contributed by atoms with Crippen molar-refractivity contribution in [3.8, 4) is 0 Å². The Hall–Kier alpha value is -0.810. The fourth-order valence-electron chi connectivity index (χ4n) is 2.09. The van der Waals surface area contributed by atoms with E-state index < -0.39 is 0 Å². The molecule has 1 heterocycles. The van der Waals surface area contributed by atoms with Gasteiger partial charge in [-0.2, -0.15) is 0 Å². The summed E-state index contributed by atoms with van der Waals surface area (Å²) in [6, 6.07) is 2.04. The van der Waals surface area contributed by atoms with Crippen LogP contribution in [-0.4, -0.2) is 27.8 Å². The second-order valence-electron chi connectivity index (χ2n) is 4.69. The summed E-state index contributed by atoms with van der Waals surface area (Å²) < 4.78 is 0. The lowest BCUT2D eigenvalue weighted by molar-refractivity contribution is 0.508. The van der Waals surface area contributed by atoms with E-state index in [9.17, 15) is 4.79 Å². The van der Waals surface area contributed by atoms with Gasteiger partial charge < -0.3 is 10.3 Å². The minimum Gasteiger partial charge on any atom is -0.313 e. The Labute approximate surface area is 119 Å². The van der Waals surface area contributed by atoms with Crippen molar-refractivity contribution in [1.29, 1.82) is 0 Å². The van der Waals surface area contributed by atoms with Crippen molar-refractivity contribution in [2.24, 2.45) is 0 Å². The van der Waals surface area contributed by atoms with E-state index >= 15 is 0 Å². The molecule has 0 aromatic carbocycles. The molecular weight excluding hydrogens is 258 g/mol. The monoisotopic (exact) mass is 283 g/mol. The van der Waals surface area contributed by atoms with Gasteiger partial charge in [0.05, 0.1) is 0 Å². The van der Waals surface area contributed by atoms with Crippen LogP contribution in [0.15, 0.2) is 16.0 Å². The lowest BCUT2D eigenvalue weighted by atomic mass is 10.2. The van der Waals surface area contributed by atoms with Crippen LogP contribution < -0.4 is 10.9 Å². The third-order valence-electron chi connectivity index (χ3n) is 3.05. The normalized spacial score (nSPS) is 14.3. The molecule has 2 N–H and O–H groups in total. The summed E-state index contributed by atoms with van der Waals surface area (Å²) in [5, 5.41) is 4.58. The number of nitrogens with zero attached hydrogens (tertiary/aromatic N) is 1. The zero-order valence-electron chi connectivity index (χ0n) is 12.3. The van der Waals surface area contributed by atoms with Crippen LogP contribution in [0.25, 0.3) is 0 Å². The van der Waals surface area contributed by atoms with E-state index in [0.29, 0.717) is 11.3 Å². The molecule has 0 spiro atoms. The van der Waals surface area contributed by atoms with Gasteiger partial charge in [0.2, 0.25) is 0 Å². The predicted octanol–water partition coefficient (Wildman–Crippen LogP) is 2.59. The lowest BCUT2D eigenvalue weighted by Gasteiger charge is -2.22. The van der Waals surface area contributed by atoms with Crippen molar-refractivity contribution < 1.29 is 0 Å². The molecule has 0 amide bonds. The minimum atomic E-state index is -0.0513. The smallest absolute Gasteiger partial charge is 0.251 e. The number of aryl methyl sites for hydroxylation is 1. The van der Waals surface area contributed by atoms with Crippen LogP contribution in [0.4, 0.5) is 0 Å². The van der Waals surface area contributed by atoms with Crippen LogP contribution in [0, 0.1) is 0 Å². The van der Waals surface area contributed by atoms with Crippen LogP contribution in [0.2, 0.25) is 0 Å². The topological polar surface area (TPSA) is 57.8 Å². The van der Waals surface area contributed by atoms with Crippen LogP contribution >= 0.6 is 11.8 Å². The molecule has 1 rings (SSSR count). The quantitative estimate of drug-likeness (QED) is 0.569. The van der Waals surface area contributed by atoms with Gasteiger partial charge in [-0.25, -0.2) is 4.98 Å². The van der Waals surface area contributed by atoms with E-state index in [1.165, 1.54) is 0 Å². The molecule has 5 heteroatoms. The Morgan fingerprint density at radius 2 is 2.16 bits per heavy atom. The van der Waals surface area contributed by atoms with Gasteiger partial charge in [0.1, 0.15) is 0 Å². The number of aromatic nitrogens is 2. The Morgan fingerprint density at radius 3 is 2.74 bits per heavy atom. The first-order valence-corrected chi connectivity index (χ1v) is 7.98. The molecule has 1 aromatic heterocycles. The van der Waals surface area contributed by atoms with Gasteiger partial charge in [0.25, 0.3) is 5.56 Å². The molecule has 0 radical (unpaired) electrons. The summed E-state index contributed by atoms with van der Waals surface area (Å²) in [6.07, 6.45) is 2.93. The standard InChI is InChI=1S/C14H25N3OS/c1-5-8-11-9-13(18)17-14(16-11)19-10(4)12(6-2)15-7-3/h9-10,12,15H,5-8H2,1-4H3,(H,16,17,18). The molecule has 108 valence electrons. The molecule has 0 bridgehead atoms. The van der Waals surface area contributed by atoms with E-state index in [1.54, 1.807) is 17.8 Å². The van der Waals surface area contributed by atoms with Crippen molar-refractivity contribution in [3.05, 3.63) is 22.1 Å². The van der Waals surface area contributed by atoms with Gasteiger partial charge >= 0.3 is 0 Å². The molecular formula is C14H25N3OS. The summed E-state index contributed by atoms with van der Waals surface area (Å²) in [7, 11) is 0. The molecule has 2 atom stereocenters. The molecule has 0 aliphatic rings. The molecule has 2 unspecified atom stereocenters. The molecule has 0 aliphatic carbocycles. The fourth-order valence-corrected chi connectivity index (χ4v) is 3.22. The average Bonchev–Trinajstić information content (AvgIpc) is 2.35. The molecule has 0 fully saturated rings. The van der Waals surface area contributed by atoms with Crippen LogP contribution in [0.5, 0.6) is 0 Å². The Morgan fingerprint density at radius 1 is 1.42 bits per heavy atom. The first-order chi connectivity index (χ1) is 9.10. The van der Waals surface area contributed by atoms with Gasteiger partial charge in [-0.15, -0.1) is 0 Å². The number of rotatable bonds is 8. The third-order valence-corrected chi connectivity index (χ3v) is 4.17. The van der Waals surface area contributed by atoms with Crippen LogP contribution in [-0.2, 0) is 6.42 Å². The second-order valence-corrected chi connectivity index (χ2v) is 6.05. The SMILES string of the molecule is CCCc1cc(=O)[nH]c(SC(C)C(CC)NCC)n1. The fraction of sp³-hybridized carbons (Fsp3) is 0.714. The second kappa shape index (κ2) is 8.38. The highest BCUT2D eigenvalue weighted by Gasteiger charge is 2.16. The van der Waals surface area contributed by atoms with E-state index in [0.717, 1.165) is 36.7 Å². The van der Waals surface area contributed by atoms with Crippen molar-refractivity contribution in [2.45, 2.75) is 63.4 Å². The van der Waals surface area contributed by atoms with Crippen LogP contribution in [0.3, 0.4) is 0 Å². The highest BCUT2D eigenvalue weighted by Crippen LogP contribution is 2.22. The minimum absolute atomic E-state index is 0.0513. The van der Waals surface area contributed by atoms with Crippen molar-refractivity contribution in [2.75, 3.05) is 6.54 Å². The maximum absolute atomic E-state index is 11.6. The number of aromatic amines is 1. The number of hydrogen-bond acceptors (Lipinski definition) is 4. The summed E-state index contributed by atoms with van der Waals surface area (Å²) in [4.78, 5) is 19.0. The summed E-state index contributed by atoms with van der Waals surface area (Å²) in [5.74, 6) is 0. The largest absolute Gasteiger partial charge is 0.313 e. The van der Waals surface area contributed by atoms with Gasteiger partial charge in [-0.05, 0) is 19.4 Å². The summed E-state index contributed by atoms with van der Waals surface area (Å²) >= 11 is 1.64. The number of hydrogen-bond donors (Lipinski definition) is 2. The molecule has 0 aliphatic heterocycles. The number of H-pyrrole nitrogens is 1. The Bertz CT molecular complexity index is 433. The first kappa shape index (κ1) is 16.2. The maximum atomic E-state index is 11.6. The van der Waals surface area contributed by atoms with Crippen molar-refractivity contribution in [3.63, 3.8) is 0 Å². The highest BCUT2D eigenvalue weighted by molar-refractivity contribution is 7.99. The zero-order chi connectivity index (χ0) is 14.3. The number of nitrogens with one attached hydrogen (secondary N) is 2. The Kier molecular flexibility index (Phi) is 7.16. The maximum Gasteiger partial charge on any atom is 0.251 e. The average molecular weight is 283 g/mol. The predicted molar refractivity (Wildman–Crippen MR) is 81.9 cm³/mol. The van der Waals surface area contributed by atoms with E-state index in [2.05, 4.69) is 43.0 Å². The van der Waals surface area contributed by atoms with Gasteiger partial charge in [0.15, 0.2) is 5.16 Å². The lowest BCUT2D eigenvalue weighted by Crippen LogP contribution is -2.36. The van der Waals surface area contributed by atoms with Gasteiger partial charge in [-0.3, -0.25) is 4.79 Å². The molecule has 4 nitrogen and oxygen atoms in total. The van der Waals surface area contributed by atoms with E-state index in [-0.39, 0.29) is 5.56 Å². The number of thioether (sulfide) groups is 1. The van der Waals surface area contributed by atoms with E-state index in [4.69, 9.17) is 0 Å². The summed E-state index contributed by atoms with van der Waals surface area (Å²) in [5.41, 5.74) is 0.835. The first-order valence-electron chi connectivity index (χ1n) is 7.10. The van der Waals surface area contributed by atoms with Crippen molar-refractivity contribution >= 4 is 11.8 Å². The highest BCUT2D eigenvalue weighted by atomic mass is 32.2. The van der Waals surface area contributed by atoms with Gasteiger partial charge in [0, 0.05) is 23.1 Å². The molecule has 1 aromatic rings.